The Kier molecular flexibility index (Phi) is 4.84. The molecule has 1 aromatic carbocycles. The summed E-state index contributed by atoms with van der Waals surface area (Å²) in [6.07, 6.45) is 5.19. The molecule has 0 amide bonds. The SMILES string of the molecule is C=CCO[N+]1=CC(C)(C)CC1C[Se]c1ccccc1. The van der Waals surface area contributed by atoms with E-state index < -0.39 is 0 Å². The molecule has 0 saturated heterocycles. The van der Waals surface area contributed by atoms with E-state index in [4.69, 9.17) is 4.84 Å². The quantitative estimate of drug-likeness (QED) is 0.445. The molecule has 102 valence electrons. The Labute approximate surface area is 122 Å². The second-order valence-corrected chi connectivity index (χ2v) is 7.84. The maximum atomic E-state index is 5.76. The van der Waals surface area contributed by atoms with Crippen molar-refractivity contribution >= 4 is 25.6 Å². The van der Waals surface area contributed by atoms with E-state index in [0.717, 1.165) is 0 Å². The van der Waals surface area contributed by atoms with Crippen molar-refractivity contribution < 1.29 is 9.58 Å². The zero-order valence-electron chi connectivity index (χ0n) is 11.7. The molecule has 0 radical (unpaired) electrons. The van der Waals surface area contributed by atoms with E-state index in [9.17, 15) is 0 Å². The van der Waals surface area contributed by atoms with Gasteiger partial charge in [-0.2, -0.15) is 0 Å². The fourth-order valence-electron chi connectivity index (χ4n) is 2.32. The van der Waals surface area contributed by atoms with Gasteiger partial charge in [-0.05, 0) is 0 Å². The van der Waals surface area contributed by atoms with Crippen LogP contribution in [0.3, 0.4) is 0 Å². The first kappa shape index (κ1) is 14.4. The molecule has 1 aromatic rings. The normalized spacial score (nSPS) is 20.9. The summed E-state index contributed by atoms with van der Waals surface area (Å²) in [7, 11) is 0. The molecule has 0 bridgehead atoms. The van der Waals surface area contributed by atoms with E-state index in [1.54, 1.807) is 6.08 Å². The van der Waals surface area contributed by atoms with Gasteiger partial charge in [-0.3, -0.25) is 0 Å². The minimum atomic E-state index is 0.235. The Balaban J connectivity index is 1.95. The zero-order chi connectivity index (χ0) is 13.7. The van der Waals surface area contributed by atoms with Gasteiger partial charge in [-0.25, -0.2) is 0 Å². The van der Waals surface area contributed by atoms with Gasteiger partial charge >= 0.3 is 122 Å². The average Bonchev–Trinajstić information content (AvgIpc) is 2.70. The predicted molar refractivity (Wildman–Crippen MR) is 81.3 cm³/mol. The van der Waals surface area contributed by atoms with E-state index in [1.165, 1.54) is 16.2 Å². The van der Waals surface area contributed by atoms with Crippen molar-refractivity contribution in [1.29, 1.82) is 0 Å². The standard InChI is InChI=1S/C16H22NOSe/c1-4-10-18-17-13-16(2,3)11-14(17)12-19-15-8-6-5-7-9-15/h4-9,13-14H,1,10-12H2,2-3H3/q+1. The Morgan fingerprint density at radius 3 is 2.84 bits per heavy atom. The van der Waals surface area contributed by atoms with Crippen LogP contribution in [0.1, 0.15) is 20.3 Å². The molecule has 0 aromatic heterocycles. The fourth-order valence-corrected chi connectivity index (χ4v) is 4.42. The van der Waals surface area contributed by atoms with Crippen LogP contribution in [0.15, 0.2) is 43.0 Å². The summed E-state index contributed by atoms with van der Waals surface area (Å²) in [6.45, 7) is 8.84. The number of hydrogen-bond donors (Lipinski definition) is 0. The molecule has 2 nitrogen and oxygen atoms in total. The second kappa shape index (κ2) is 6.40. The van der Waals surface area contributed by atoms with Gasteiger partial charge in [0.25, 0.3) is 0 Å². The fraction of sp³-hybridized carbons (Fsp3) is 0.438. The van der Waals surface area contributed by atoms with Gasteiger partial charge in [0, 0.05) is 0 Å². The summed E-state index contributed by atoms with van der Waals surface area (Å²) in [5, 5.41) is 1.19. The van der Waals surface area contributed by atoms with Crippen LogP contribution in [0, 0.1) is 5.41 Å². The van der Waals surface area contributed by atoms with Crippen LogP contribution in [0.2, 0.25) is 5.32 Å². The number of hydrogen-bond acceptors (Lipinski definition) is 1. The second-order valence-electron chi connectivity index (χ2n) is 5.54. The zero-order valence-corrected chi connectivity index (χ0v) is 13.4. The molecular weight excluding hydrogens is 301 g/mol. The Hall–Kier alpha value is -1.05. The van der Waals surface area contributed by atoms with Crippen molar-refractivity contribution in [2.75, 3.05) is 6.61 Å². The topological polar surface area (TPSA) is 12.2 Å². The van der Waals surface area contributed by atoms with Crippen molar-refractivity contribution in [3.63, 3.8) is 0 Å². The molecule has 0 N–H and O–H groups in total. The van der Waals surface area contributed by atoms with Crippen LogP contribution in [0.25, 0.3) is 0 Å². The number of nitrogens with zero attached hydrogens (tertiary/aromatic N) is 1. The van der Waals surface area contributed by atoms with Crippen LogP contribution >= 0.6 is 0 Å². The number of hydroxylamine groups is 1. The van der Waals surface area contributed by atoms with Gasteiger partial charge in [0.2, 0.25) is 0 Å². The van der Waals surface area contributed by atoms with Gasteiger partial charge in [-0.15, -0.1) is 0 Å². The summed E-state index contributed by atoms with van der Waals surface area (Å²) < 4.78 is 3.52. The molecule has 19 heavy (non-hydrogen) atoms. The molecule has 3 heteroatoms. The third-order valence-corrected chi connectivity index (χ3v) is 5.55. The molecule has 0 spiro atoms. The van der Waals surface area contributed by atoms with Crippen LogP contribution in [-0.2, 0) is 4.84 Å². The van der Waals surface area contributed by atoms with Crippen LogP contribution in [0.4, 0.5) is 0 Å². The molecule has 0 aliphatic carbocycles. The summed E-state index contributed by atoms with van der Waals surface area (Å²) in [6, 6.07) is 11.3. The minimum absolute atomic E-state index is 0.235. The molecule has 0 saturated carbocycles. The predicted octanol–water partition coefficient (Wildman–Crippen LogP) is 2.43. The molecular formula is C16H22NOSe+. The molecule has 2 rings (SSSR count). The third-order valence-electron chi connectivity index (χ3n) is 3.13. The van der Waals surface area contributed by atoms with Gasteiger partial charge in [0.05, 0.1) is 0 Å². The van der Waals surface area contributed by atoms with Crippen molar-refractivity contribution in [3.8, 4) is 0 Å². The Morgan fingerprint density at radius 1 is 1.42 bits per heavy atom. The summed E-state index contributed by atoms with van der Waals surface area (Å²) in [5.74, 6) is 0. The Bertz CT molecular complexity index is 453. The molecule has 1 unspecified atom stereocenters. The summed E-state index contributed by atoms with van der Waals surface area (Å²) in [4.78, 5) is 5.76. The number of rotatable bonds is 6. The van der Waals surface area contributed by atoms with E-state index >= 15 is 0 Å². The molecule has 0 fully saturated rings. The van der Waals surface area contributed by atoms with Crippen molar-refractivity contribution in [1.82, 2.24) is 0 Å². The summed E-state index contributed by atoms with van der Waals surface area (Å²) >= 11 is 0.510. The summed E-state index contributed by atoms with van der Waals surface area (Å²) in [5.41, 5.74) is 0.235. The van der Waals surface area contributed by atoms with Gasteiger partial charge in [0.1, 0.15) is 0 Å². The van der Waals surface area contributed by atoms with Gasteiger partial charge in [0.15, 0.2) is 0 Å². The molecule has 1 heterocycles. The van der Waals surface area contributed by atoms with Crippen molar-refractivity contribution in [2.45, 2.75) is 31.6 Å². The van der Waals surface area contributed by atoms with E-state index in [0.29, 0.717) is 27.6 Å². The number of benzene rings is 1. The van der Waals surface area contributed by atoms with Crippen molar-refractivity contribution in [2.24, 2.45) is 5.41 Å². The Morgan fingerprint density at radius 2 is 2.16 bits per heavy atom. The first-order valence-corrected chi connectivity index (χ1v) is 8.73. The first-order chi connectivity index (χ1) is 9.11. The third kappa shape index (κ3) is 4.22. The molecule has 1 aliphatic heterocycles. The van der Waals surface area contributed by atoms with E-state index in [2.05, 4.69) is 61.7 Å². The average molecular weight is 323 g/mol. The van der Waals surface area contributed by atoms with Crippen LogP contribution < -0.4 is 4.46 Å². The van der Waals surface area contributed by atoms with Crippen LogP contribution in [0.5, 0.6) is 0 Å². The first-order valence-electron chi connectivity index (χ1n) is 6.67. The maximum absolute atomic E-state index is 5.76. The van der Waals surface area contributed by atoms with E-state index in [-0.39, 0.29) is 5.41 Å². The van der Waals surface area contributed by atoms with Crippen molar-refractivity contribution in [3.05, 3.63) is 43.0 Å². The molecule has 1 aliphatic rings. The monoisotopic (exact) mass is 324 g/mol. The van der Waals surface area contributed by atoms with Gasteiger partial charge in [-0.1, -0.05) is 0 Å². The van der Waals surface area contributed by atoms with E-state index in [1.807, 2.05) is 0 Å². The molecule has 1 atom stereocenters. The van der Waals surface area contributed by atoms with Crippen LogP contribution in [-0.4, -0.2) is 38.6 Å². The van der Waals surface area contributed by atoms with Gasteiger partial charge < -0.3 is 0 Å².